The van der Waals surface area contributed by atoms with E-state index < -0.39 is 0 Å². The largest absolute Gasteiger partial charge is 0.310 e. The maximum Gasteiger partial charge on any atom is 0.0547 e. The number of para-hydroxylation sites is 1. The summed E-state index contributed by atoms with van der Waals surface area (Å²) in [5, 5.41) is 5.05. The Kier molecular flexibility index (Phi) is 8.04. The fourth-order valence-corrected chi connectivity index (χ4v) is 9.66. The molecule has 0 amide bonds. The van der Waals surface area contributed by atoms with Crippen LogP contribution in [0.4, 0.5) is 17.1 Å². The van der Waals surface area contributed by atoms with Gasteiger partial charge in [-0.15, -0.1) is 11.3 Å². The first-order chi connectivity index (χ1) is 28.3. The molecule has 0 aliphatic carbocycles. The summed E-state index contributed by atoms with van der Waals surface area (Å²) in [6.45, 7) is 0. The Morgan fingerprint density at radius 3 is 1.70 bits per heavy atom. The van der Waals surface area contributed by atoms with Gasteiger partial charge in [-0.25, -0.2) is 0 Å². The second-order valence-corrected chi connectivity index (χ2v) is 15.6. The zero-order valence-corrected chi connectivity index (χ0v) is 31.9. The average Bonchev–Trinajstić information content (AvgIpc) is 3.83. The number of hydrogen-bond donors (Lipinski definition) is 0. The summed E-state index contributed by atoms with van der Waals surface area (Å²) in [6, 6.07) is 79.4. The lowest BCUT2D eigenvalue weighted by atomic mass is 9.95. The number of anilines is 3. The molecular formula is C54H36N2S. The van der Waals surface area contributed by atoms with Gasteiger partial charge in [0, 0.05) is 53.7 Å². The molecule has 0 aliphatic heterocycles. The van der Waals surface area contributed by atoms with Crippen LogP contribution >= 0.6 is 11.3 Å². The summed E-state index contributed by atoms with van der Waals surface area (Å²) in [5.74, 6) is 0. The van der Waals surface area contributed by atoms with Crippen LogP contribution in [0.25, 0.3) is 81.0 Å². The minimum atomic E-state index is 1.11. The van der Waals surface area contributed by atoms with Gasteiger partial charge < -0.3 is 9.47 Å². The molecule has 2 nitrogen and oxygen atoms in total. The lowest BCUT2D eigenvalue weighted by molar-refractivity contribution is 1.18. The van der Waals surface area contributed by atoms with Crippen LogP contribution in [0, 0.1) is 0 Å². The second kappa shape index (κ2) is 13.8. The highest BCUT2D eigenvalue weighted by Crippen LogP contribution is 2.45. The Balaban J connectivity index is 1.15. The molecule has 9 aromatic carbocycles. The number of hydrogen-bond acceptors (Lipinski definition) is 2. The van der Waals surface area contributed by atoms with E-state index in [0.717, 1.165) is 22.7 Å². The molecule has 11 aromatic rings. The Morgan fingerprint density at radius 2 is 0.912 bits per heavy atom. The van der Waals surface area contributed by atoms with E-state index >= 15 is 0 Å². The third kappa shape index (κ3) is 5.80. The van der Waals surface area contributed by atoms with Crippen molar-refractivity contribution in [3.8, 4) is 39.1 Å². The highest BCUT2D eigenvalue weighted by molar-refractivity contribution is 7.25. The van der Waals surface area contributed by atoms with Gasteiger partial charge in [-0.2, -0.15) is 0 Å². The van der Waals surface area contributed by atoms with E-state index in [1.165, 1.54) is 75.4 Å². The maximum absolute atomic E-state index is 2.42. The molecule has 0 aliphatic rings. The summed E-state index contributed by atoms with van der Waals surface area (Å²) in [6.07, 6.45) is 0. The van der Waals surface area contributed by atoms with Crippen LogP contribution in [0.2, 0.25) is 0 Å². The minimum Gasteiger partial charge on any atom is -0.310 e. The molecule has 2 aromatic heterocycles. The Morgan fingerprint density at radius 1 is 0.333 bits per heavy atom. The van der Waals surface area contributed by atoms with Gasteiger partial charge in [-0.05, 0) is 106 Å². The summed E-state index contributed by atoms with van der Waals surface area (Å²) >= 11 is 1.86. The molecule has 3 heteroatoms. The van der Waals surface area contributed by atoms with Crippen molar-refractivity contribution in [2.24, 2.45) is 0 Å². The first-order valence-electron chi connectivity index (χ1n) is 19.4. The highest BCUT2D eigenvalue weighted by atomic mass is 32.1. The van der Waals surface area contributed by atoms with Crippen LogP contribution < -0.4 is 4.90 Å². The average molecular weight is 745 g/mol. The van der Waals surface area contributed by atoms with Gasteiger partial charge in [0.05, 0.1) is 11.0 Å². The van der Waals surface area contributed by atoms with Crippen molar-refractivity contribution >= 4 is 70.4 Å². The summed E-state index contributed by atoms with van der Waals surface area (Å²) in [4.78, 5) is 2.42. The quantitative estimate of drug-likeness (QED) is 0.158. The maximum atomic E-state index is 2.42. The summed E-state index contributed by atoms with van der Waals surface area (Å²) in [5.41, 5.74) is 14.1. The molecule has 2 heterocycles. The van der Waals surface area contributed by atoms with Gasteiger partial charge in [0.1, 0.15) is 0 Å². The molecule has 0 unspecified atom stereocenters. The topological polar surface area (TPSA) is 8.17 Å². The van der Waals surface area contributed by atoms with Crippen molar-refractivity contribution < 1.29 is 0 Å². The molecule has 0 radical (unpaired) electrons. The van der Waals surface area contributed by atoms with Crippen LogP contribution in [0.1, 0.15) is 0 Å². The van der Waals surface area contributed by atoms with E-state index in [-0.39, 0.29) is 0 Å². The van der Waals surface area contributed by atoms with E-state index in [2.05, 4.69) is 228 Å². The smallest absolute Gasteiger partial charge is 0.0547 e. The Bertz CT molecular complexity index is 3220. The first kappa shape index (κ1) is 33.2. The number of fused-ring (bicyclic) bond motifs is 6. The zero-order valence-electron chi connectivity index (χ0n) is 31.1. The molecule has 0 N–H and O–H groups in total. The van der Waals surface area contributed by atoms with Crippen LogP contribution in [0.15, 0.2) is 218 Å². The first-order valence-corrected chi connectivity index (χ1v) is 20.2. The van der Waals surface area contributed by atoms with E-state index in [9.17, 15) is 0 Å². The standard InChI is InChI=1S/C54H36N2S/c1-4-14-37(15-5-1)39-26-28-43(29-27-39)55(45-30-32-48-47-22-10-11-25-52(47)57-53(48)36-45)44-31-33-50-49(35-44)54-46(23-13-24-51(54)56(50)42-20-8-3-9-21-42)41-19-12-18-40(34-41)38-16-6-2-7-17-38/h1-36H. The van der Waals surface area contributed by atoms with Crippen molar-refractivity contribution in [1.29, 1.82) is 0 Å². The van der Waals surface area contributed by atoms with Gasteiger partial charge in [0.15, 0.2) is 0 Å². The molecule has 268 valence electrons. The number of rotatable bonds is 7. The van der Waals surface area contributed by atoms with Crippen molar-refractivity contribution in [2.45, 2.75) is 0 Å². The molecule has 0 saturated heterocycles. The number of aromatic nitrogens is 1. The van der Waals surface area contributed by atoms with E-state index in [1.807, 2.05) is 11.3 Å². The Hall–Kier alpha value is -7.20. The molecule has 0 bridgehead atoms. The lowest BCUT2D eigenvalue weighted by Gasteiger charge is -2.26. The predicted octanol–water partition coefficient (Wildman–Crippen LogP) is 15.6. The van der Waals surface area contributed by atoms with Gasteiger partial charge in [-0.3, -0.25) is 0 Å². The lowest BCUT2D eigenvalue weighted by Crippen LogP contribution is -2.09. The van der Waals surface area contributed by atoms with Crippen molar-refractivity contribution in [3.63, 3.8) is 0 Å². The highest BCUT2D eigenvalue weighted by Gasteiger charge is 2.21. The van der Waals surface area contributed by atoms with Crippen LogP contribution in [0.5, 0.6) is 0 Å². The summed E-state index contributed by atoms with van der Waals surface area (Å²) < 4.78 is 5.01. The fraction of sp³-hybridized carbons (Fsp3) is 0. The molecule has 0 spiro atoms. The van der Waals surface area contributed by atoms with E-state index in [1.54, 1.807) is 0 Å². The molecule has 57 heavy (non-hydrogen) atoms. The second-order valence-electron chi connectivity index (χ2n) is 14.5. The van der Waals surface area contributed by atoms with Crippen LogP contribution in [-0.4, -0.2) is 4.57 Å². The van der Waals surface area contributed by atoms with Crippen molar-refractivity contribution in [2.75, 3.05) is 4.90 Å². The Labute approximate surface area is 335 Å². The van der Waals surface area contributed by atoms with E-state index in [0.29, 0.717) is 0 Å². The zero-order chi connectivity index (χ0) is 37.7. The molecule has 11 rings (SSSR count). The van der Waals surface area contributed by atoms with Gasteiger partial charge in [0.25, 0.3) is 0 Å². The van der Waals surface area contributed by atoms with Crippen molar-refractivity contribution in [1.82, 2.24) is 4.57 Å². The van der Waals surface area contributed by atoms with Crippen LogP contribution in [-0.2, 0) is 0 Å². The monoisotopic (exact) mass is 744 g/mol. The summed E-state index contributed by atoms with van der Waals surface area (Å²) in [7, 11) is 0. The molecule has 0 fully saturated rings. The predicted molar refractivity (Wildman–Crippen MR) is 245 cm³/mol. The van der Waals surface area contributed by atoms with Gasteiger partial charge in [0.2, 0.25) is 0 Å². The minimum absolute atomic E-state index is 1.11. The van der Waals surface area contributed by atoms with E-state index in [4.69, 9.17) is 0 Å². The number of benzene rings is 9. The third-order valence-corrected chi connectivity index (χ3v) is 12.3. The molecular weight excluding hydrogens is 709 g/mol. The SMILES string of the molecule is c1ccc(-c2ccc(N(c3ccc4c(c3)sc3ccccc34)c3ccc4c(c3)c3c(-c5cccc(-c6ccccc6)c5)cccc3n4-c3ccccc3)cc2)cc1. The normalized spacial score (nSPS) is 11.5. The van der Waals surface area contributed by atoms with Crippen LogP contribution in [0.3, 0.4) is 0 Å². The number of thiophene rings is 1. The third-order valence-electron chi connectivity index (χ3n) is 11.2. The molecule has 0 atom stereocenters. The fourth-order valence-electron chi connectivity index (χ4n) is 8.52. The molecule has 0 saturated carbocycles. The van der Waals surface area contributed by atoms with Crippen molar-refractivity contribution in [3.05, 3.63) is 218 Å². The number of nitrogens with zero attached hydrogens (tertiary/aromatic N) is 2. The van der Waals surface area contributed by atoms with Gasteiger partial charge >= 0.3 is 0 Å². The van der Waals surface area contributed by atoms with Gasteiger partial charge in [-0.1, -0.05) is 146 Å².